The second kappa shape index (κ2) is 8.13. The van der Waals surface area contributed by atoms with Gasteiger partial charge in [0.05, 0.1) is 45.6 Å². The van der Waals surface area contributed by atoms with Crippen molar-refractivity contribution in [1.82, 2.24) is 29.9 Å². The molecule has 0 spiro atoms. The number of carbonyl (C=O) groups excluding carboxylic acids is 1. The Hall–Kier alpha value is -3.43. The fourth-order valence-electron chi connectivity index (χ4n) is 2.66. The highest BCUT2D eigenvalue weighted by molar-refractivity contribution is 6.33. The summed E-state index contributed by atoms with van der Waals surface area (Å²) in [6.45, 7) is 1.66. The van der Waals surface area contributed by atoms with Crippen molar-refractivity contribution in [2.24, 2.45) is 0 Å². The molecule has 1 N–H and O–H groups in total. The van der Waals surface area contributed by atoms with Gasteiger partial charge in [0.25, 0.3) is 5.91 Å². The zero-order chi connectivity index (χ0) is 21.3. The first-order chi connectivity index (χ1) is 14.4. The molecule has 150 valence electrons. The molecule has 0 aliphatic carbocycles. The number of halogens is 3. The average Bonchev–Trinajstić information content (AvgIpc) is 3.22. The summed E-state index contributed by atoms with van der Waals surface area (Å²) in [6, 6.07) is 5.46. The Labute approximate surface area is 179 Å². The molecule has 1 aromatic carbocycles. The number of pyridine rings is 1. The average molecular weight is 444 g/mol. The van der Waals surface area contributed by atoms with Crippen LogP contribution in [0.3, 0.4) is 0 Å². The van der Waals surface area contributed by atoms with E-state index >= 15 is 0 Å². The number of carbonyl (C=O) groups is 1. The number of rotatable bonds is 4. The lowest BCUT2D eigenvalue weighted by molar-refractivity contribution is 0.102. The lowest BCUT2D eigenvalue weighted by Gasteiger charge is -2.10. The SMILES string of the molecule is Cc1nc(-c2ccc(F)cc2Cl)ncc1C(=O)Nc1cnc(-n2nccn2)c(Cl)c1. The Bertz CT molecular complexity index is 1250. The summed E-state index contributed by atoms with van der Waals surface area (Å²) in [7, 11) is 0. The Balaban J connectivity index is 1.56. The van der Waals surface area contributed by atoms with Crippen LogP contribution in [-0.2, 0) is 0 Å². The van der Waals surface area contributed by atoms with Gasteiger partial charge in [-0.1, -0.05) is 23.2 Å². The van der Waals surface area contributed by atoms with Gasteiger partial charge in [-0.25, -0.2) is 19.3 Å². The Kier molecular flexibility index (Phi) is 5.39. The van der Waals surface area contributed by atoms with Crippen molar-refractivity contribution >= 4 is 34.8 Å². The molecule has 0 saturated carbocycles. The van der Waals surface area contributed by atoms with E-state index in [9.17, 15) is 9.18 Å². The molecule has 30 heavy (non-hydrogen) atoms. The maximum atomic E-state index is 13.3. The minimum Gasteiger partial charge on any atom is -0.320 e. The van der Waals surface area contributed by atoms with Crippen LogP contribution < -0.4 is 5.32 Å². The molecule has 0 atom stereocenters. The van der Waals surface area contributed by atoms with Crippen molar-refractivity contribution < 1.29 is 9.18 Å². The summed E-state index contributed by atoms with van der Waals surface area (Å²) >= 11 is 12.3. The maximum absolute atomic E-state index is 13.3. The molecule has 0 aliphatic rings. The number of nitrogens with zero attached hydrogens (tertiary/aromatic N) is 6. The summed E-state index contributed by atoms with van der Waals surface area (Å²) in [4.78, 5) is 26.6. The molecule has 3 aromatic heterocycles. The number of nitrogens with one attached hydrogen (secondary N) is 1. The third-order valence-corrected chi connectivity index (χ3v) is 4.67. The molecule has 4 rings (SSSR count). The third-order valence-electron chi connectivity index (χ3n) is 4.08. The standard InChI is InChI=1S/C19H12Cl2FN7O/c1-10-14(9-23-17(27-10)13-3-2-11(22)6-15(13)20)19(30)28-12-7-16(21)18(24-8-12)29-25-4-5-26-29/h2-9H,1H3,(H,28,30). The van der Waals surface area contributed by atoms with E-state index in [2.05, 4.69) is 30.5 Å². The van der Waals surface area contributed by atoms with Crippen LogP contribution in [0.25, 0.3) is 17.2 Å². The number of hydrogen-bond acceptors (Lipinski definition) is 6. The van der Waals surface area contributed by atoms with Gasteiger partial charge >= 0.3 is 0 Å². The fourth-order valence-corrected chi connectivity index (χ4v) is 3.15. The van der Waals surface area contributed by atoms with E-state index in [0.29, 0.717) is 22.8 Å². The molecule has 3 heterocycles. The summed E-state index contributed by atoms with van der Waals surface area (Å²) in [6.07, 6.45) is 5.81. The van der Waals surface area contributed by atoms with Gasteiger partial charge < -0.3 is 5.32 Å². The van der Waals surface area contributed by atoms with E-state index in [1.165, 1.54) is 53.8 Å². The summed E-state index contributed by atoms with van der Waals surface area (Å²) < 4.78 is 13.3. The Morgan fingerprint density at radius 1 is 1.07 bits per heavy atom. The molecule has 8 nitrogen and oxygen atoms in total. The van der Waals surface area contributed by atoms with Crippen molar-refractivity contribution in [3.63, 3.8) is 0 Å². The van der Waals surface area contributed by atoms with Crippen LogP contribution in [0.4, 0.5) is 10.1 Å². The monoisotopic (exact) mass is 443 g/mol. The smallest absolute Gasteiger partial charge is 0.259 e. The number of hydrogen-bond donors (Lipinski definition) is 1. The summed E-state index contributed by atoms with van der Waals surface area (Å²) in [5.74, 6) is -0.278. The van der Waals surface area contributed by atoms with Crippen LogP contribution in [0.5, 0.6) is 0 Å². The largest absolute Gasteiger partial charge is 0.320 e. The van der Waals surface area contributed by atoms with Crippen LogP contribution in [0.2, 0.25) is 10.0 Å². The van der Waals surface area contributed by atoms with E-state index in [4.69, 9.17) is 23.2 Å². The first-order valence-electron chi connectivity index (χ1n) is 8.55. The van der Waals surface area contributed by atoms with Gasteiger partial charge in [0.1, 0.15) is 5.82 Å². The van der Waals surface area contributed by atoms with Crippen LogP contribution in [0, 0.1) is 12.7 Å². The highest BCUT2D eigenvalue weighted by atomic mass is 35.5. The quantitative estimate of drug-likeness (QED) is 0.509. The molecule has 0 fully saturated rings. The van der Waals surface area contributed by atoms with E-state index in [1.54, 1.807) is 6.92 Å². The van der Waals surface area contributed by atoms with Crippen LogP contribution in [0.15, 0.2) is 49.1 Å². The number of aromatic nitrogens is 6. The molecular formula is C19H12Cl2FN7O. The molecule has 4 aromatic rings. The van der Waals surface area contributed by atoms with Crippen molar-refractivity contribution in [3.05, 3.63) is 76.2 Å². The predicted molar refractivity (Wildman–Crippen MR) is 109 cm³/mol. The molecule has 0 aliphatic heterocycles. The second-order valence-electron chi connectivity index (χ2n) is 6.12. The van der Waals surface area contributed by atoms with E-state index in [0.717, 1.165) is 0 Å². The van der Waals surface area contributed by atoms with Crippen LogP contribution in [0.1, 0.15) is 16.1 Å². The Morgan fingerprint density at radius 3 is 2.50 bits per heavy atom. The van der Waals surface area contributed by atoms with E-state index in [1.807, 2.05) is 0 Å². The van der Waals surface area contributed by atoms with E-state index < -0.39 is 11.7 Å². The third kappa shape index (κ3) is 3.98. The molecule has 11 heteroatoms. The number of anilines is 1. The molecule has 0 saturated heterocycles. The maximum Gasteiger partial charge on any atom is 0.259 e. The van der Waals surface area contributed by atoms with Gasteiger partial charge in [0.2, 0.25) is 0 Å². The highest BCUT2D eigenvalue weighted by Gasteiger charge is 2.16. The first kappa shape index (κ1) is 19.9. The second-order valence-corrected chi connectivity index (χ2v) is 6.93. The Morgan fingerprint density at radius 2 is 1.83 bits per heavy atom. The normalized spacial score (nSPS) is 10.8. The van der Waals surface area contributed by atoms with Gasteiger partial charge in [0, 0.05) is 11.8 Å². The minimum absolute atomic E-state index is 0.180. The fraction of sp³-hybridized carbons (Fsp3) is 0.0526. The van der Waals surface area contributed by atoms with Crippen LogP contribution >= 0.6 is 23.2 Å². The minimum atomic E-state index is -0.460. The van der Waals surface area contributed by atoms with Crippen molar-refractivity contribution in [2.75, 3.05) is 5.32 Å². The van der Waals surface area contributed by atoms with Gasteiger partial charge in [-0.2, -0.15) is 10.2 Å². The highest BCUT2D eigenvalue weighted by Crippen LogP contribution is 2.26. The number of amides is 1. The van der Waals surface area contributed by atoms with Crippen LogP contribution in [-0.4, -0.2) is 35.9 Å². The van der Waals surface area contributed by atoms with Gasteiger partial charge in [-0.05, 0) is 31.2 Å². The topological polar surface area (TPSA) is 98.5 Å². The van der Waals surface area contributed by atoms with Crippen molar-refractivity contribution in [2.45, 2.75) is 6.92 Å². The first-order valence-corrected chi connectivity index (χ1v) is 9.30. The number of benzene rings is 1. The molecule has 0 radical (unpaired) electrons. The predicted octanol–water partition coefficient (Wildman–Crippen LogP) is 4.13. The van der Waals surface area contributed by atoms with Crippen molar-refractivity contribution in [1.29, 1.82) is 0 Å². The van der Waals surface area contributed by atoms with E-state index in [-0.39, 0.29) is 21.4 Å². The van der Waals surface area contributed by atoms with Crippen molar-refractivity contribution in [3.8, 4) is 17.2 Å². The molecule has 1 amide bonds. The van der Waals surface area contributed by atoms with Gasteiger partial charge in [-0.3, -0.25) is 4.79 Å². The summed E-state index contributed by atoms with van der Waals surface area (Å²) in [5, 5.41) is 11.1. The zero-order valence-electron chi connectivity index (χ0n) is 15.3. The lowest BCUT2D eigenvalue weighted by atomic mass is 10.1. The molecule has 0 unspecified atom stereocenters. The molecular weight excluding hydrogens is 432 g/mol. The zero-order valence-corrected chi connectivity index (χ0v) is 16.9. The van der Waals surface area contributed by atoms with Gasteiger partial charge in [-0.15, -0.1) is 4.80 Å². The lowest BCUT2D eigenvalue weighted by Crippen LogP contribution is -2.15. The molecule has 0 bridgehead atoms. The number of aryl methyl sites for hydroxylation is 1. The van der Waals surface area contributed by atoms with Gasteiger partial charge in [0.15, 0.2) is 11.6 Å². The summed E-state index contributed by atoms with van der Waals surface area (Å²) in [5.41, 5.74) is 1.53.